The van der Waals surface area contributed by atoms with Crippen LogP contribution in [0.5, 0.6) is 0 Å². The van der Waals surface area contributed by atoms with Crippen LogP contribution in [-0.4, -0.2) is 42.2 Å². The molecule has 5 nitrogen and oxygen atoms in total. The summed E-state index contributed by atoms with van der Waals surface area (Å²) in [6.07, 6.45) is 1.42. The maximum absolute atomic E-state index is 12.5. The SMILES string of the molecule is COCCC(=O)N1CC2CC(C1)c1c(-c3ccc(Cl)cc3)ccc(=O)n1C2. The van der Waals surface area contributed by atoms with Crippen molar-refractivity contribution in [1.29, 1.82) is 0 Å². The number of piperidine rings is 1. The first-order valence-electron chi connectivity index (χ1n) is 9.33. The molecule has 0 radical (unpaired) electrons. The van der Waals surface area contributed by atoms with Crippen molar-refractivity contribution in [1.82, 2.24) is 9.47 Å². The summed E-state index contributed by atoms with van der Waals surface area (Å²) in [7, 11) is 1.61. The molecule has 1 aromatic heterocycles. The second kappa shape index (κ2) is 7.49. The maximum atomic E-state index is 12.5. The molecular formula is C21H23ClN2O3. The molecule has 1 saturated heterocycles. The van der Waals surface area contributed by atoms with E-state index >= 15 is 0 Å². The largest absolute Gasteiger partial charge is 0.384 e. The molecule has 142 valence electrons. The van der Waals surface area contributed by atoms with Crippen LogP contribution in [0.3, 0.4) is 0 Å². The quantitative estimate of drug-likeness (QED) is 0.811. The van der Waals surface area contributed by atoms with E-state index in [1.165, 1.54) is 0 Å². The molecule has 4 rings (SSSR count). The van der Waals surface area contributed by atoms with Crippen LogP contribution in [-0.2, 0) is 16.1 Å². The minimum absolute atomic E-state index is 0.0385. The Bertz CT molecular complexity index is 907. The summed E-state index contributed by atoms with van der Waals surface area (Å²) in [5, 5.41) is 0.688. The van der Waals surface area contributed by atoms with Crippen LogP contribution in [0, 0.1) is 5.92 Å². The van der Waals surface area contributed by atoms with E-state index < -0.39 is 0 Å². The fourth-order valence-corrected chi connectivity index (χ4v) is 4.57. The summed E-state index contributed by atoms with van der Waals surface area (Å²) < 4.78 is 6.97. The Balaban J connectivity index is 1.71. The van der Waals surface area contributed by atoms with Gasteiger partial charge in [0.1, 0.15) is 0 Å². The first-order valence-corrected chi connectivity index (χ1v) is 9.71. The van der Waals surface area contributed by atoms with Gasteiger partial charge in [-0.1, -0.05) is 23.7 Å². The van der Waals surface area contributed by atoms with Gasteiger partial charge in [0.2, 0.25) is 5.91 Å². The van der Waals surface area contributed by atoms with Crippen LogP contribution in [0.15, 0.2) is 41.2 Å². The topological polar surface area (TPSA) is 51.5 Å². The lowest BCUT2D eigenvalue weighted by Gasteiger charge is -2.43. The number of rotatable bonds is 4. The van der Waals surface area contributed by atoms with Crippen molar-refractivity contribution in [3.63, 3.8) is 0 Å². The van der Waals surface area contributed by atoms with E-state index in [1.807, 2.05) is 39.8 Å². The maximum Gasteiger partial charge on any atom is 0.250 e. The molecule has 2 aliphatic rings. The number of aromatic nitrogens is 1. The lowest BCUT2D eigenvalue weighted by atomic mass is 9.80. The fraction of sp³-hybridized carbons (Fsp3) is 0.429. The molecule has 2 atom stereocenters. The van der Waals surface area contributed by atoms with E-state index in [0.717, 1.165) is 29.8 Å². The predicted octanol–water partition coefficient (Wildman–Crippen LogP) is 3.15. The molecule has 2 aliphatic heterocycles. The monoisotopic (exact) mass is 386 g/mol. The summed E-state index contributed by atoms with van der Waals surface area (Å²) in [6, 6.07) is 11.3. The number of benzene rings is 1. The van der Waals surface area contributed by atoms with E-state index in [4.69, 9.17) is 16.3 Å². The van der Waals surface area contributed by atoms with Gasteiger partial charge in [0.05, 0.1) is 13.0 Å². The Morgan fingerprint density at radius 3 is 2.67 bits per heavy atom. The summed E-state index contributed by atoms with van der Waals surface area (Å²) in [5.41, 5.74) is 3.19. The number of carbonyl (C=O) groups is 1. The van der Waals surface area contributed by atoms with Crippen molar-refractivity contribution in [3.05, 3.63) is 57.5 Å². The lowest BCUT2D eigenvalue weighted by Crippen LogP contribution is -2.49. The van der Waals surface area contributed by atoms with Crippen molar-refractivity contribution < 1.29 is 9.53 Å². The molecule has 2 unspecified atom stereocenters. The summed E-state index contributed by atoms with van der Waals surface area (Å²) in [6.45, 7) is 2.48. The highest BCUT2D eigenvalue weighted by Gasteiger charge is 2.37. The van der Waals surface area contributed by atoms with Gasteiger partial charge in [-0.2, -0.15) is 0 Å². The zero-order chi connectivity index (χ0) is 19.0. The average Bonchev–Trinajstić information content (AvgIpc) is 2.67. The van der Waals surface area contributed by atoms with Crippen LogP contribution in [0.1, 0.15) is 24.5 Å². The molecule has 0 spiro atoms. The minimum Gasteiger partial charge on any atom is -0.384 e. The van der Waals surface area contributed by atoms with E-state index in [9.17, 15) is 9.59 Å². The van der Waals surface area contributed by atoms with Gasteiger partial charge in [0, 0.05) is 55.0 Å². The molecule has 27 heavy (non-hydrogen) atoms. The smallest absolute Gasteiger partial charge is 0.250 e. The van der Waals surface area contributed by atoms with Gasteiger partial charge in [-0.3, -0.25) is 9.59 Å². The Morgan fingerprint density at radius 2 is 1.93 bits per heavy atom. The number of amides is 1. The molecule has 0 saturated carbocycles. The van der Waals surface area contributed by atoms with E-state index in [-0.39, 0.29) is 17.4 Å². The molecule has 1 aromatic carbocycles. The van der Waals surface area contributed by atoms with Gasteiger partial charge < -0.3 is 14.2 Å². The Labute approximate surface area is 163 Å². The van der Waals surface area contributed by atoms with Gasteiger partial charge in [-0.15, -0.1) is 0 Å². The van der Waals surface area contributed by atoms with Crippen LogP contribution in [0.25, 0.3) is 11.1 Å². The number of hydrogen-bond donors (Lipinski definition) is 0. The Hall–Kier alpha value is -2.11. The average molecular weight is 387 g/mol. The third kappa shape index (κ3) is 3.54. The van der Waals surface area contributed by atoms with Crippen LogP contribution < -0.4 is 5.56 Å². The normalized spacial score (nSPS) is 21.0. The molecule has 0 aliphatic carbocycles. The number of halogens is 1. The number of fused-ring (bicyclic) bond motifs is 4. The number of methoxy groups -OCH3 is 1. The molecule has 3 heterocycles. The van der Waals surface area contributed by atoms with Gasteiger partial charge in [0.15, 0.2) is 0 Å². The van der Waals surface area contributed by atoms with Gasteiger partial charge in [-0.05, 0) is 36.1 Å². The third-order valence-corrected chi connectivity index (χ3v) is 5.87. The van der Waals surface area contributed by atoms with E-state index in [2.05, 4.69) is 0 Å². The number of nitrogens with zero attached hydrogens (tertiary/aromatic N) is 2. The van der Waals surface area contributed by atoms with Crippen molar-refractivity contribution in [2.75, 3.05) is 26.8 Å². The van der Waals surface area contributed by atoms with E-state index in [1.54, 1.807) is 13.2 Å². The lowest BCUT2D eigenvalue weighted by molar-refractivity contribution is -0.134. The third-order valence-electron chi connectivity index (χ3n) is 5.62. The second-order valence-corrected chi connectivity index (χ2v) is 7.86. The fourth-order valence-electron chi connectivity index (χ4n) is 4.44. The summed E-state index contributed by atoms with van der Waals surface area (Å²) >= 11 is 6.04. The second-order valence-electron chi connectivity index (χ2n) is 7.43. The predicted molar refractivity (Wildman–Crippen MR) is 105 cm³/mol. The minimum atomic E-state index is 0.0385. The summed E-state index contributed by atoms with van der Waals surface area (Å²) in [5.74, 6) is 0.621. The standard InChI is InChI=1S/C21H23ClN2O3/c1-27-9-8-19(25)23-11-14-10-16(13-23)21-18(6-7-20(26)24(21)12-14)15-2-4-17(22)5-3-15/h2-7,14,16H,8-13H2,1H3. The molecule has 2 bridgehead atoms. The first-order chi connectivity index (χ1) is 13.1. The van der Waals surface area contributed by atoms with Crippen molar-refractivity contribution in [2.24, 2.45) is 5.92 Å². The van der Waals surface area contributed by atoms with Gasteiger partial charge in [-0.25, -0.2) is 0 Å². The van der Waals surface area contributed by atoms with Crippen molar-refractivity contribution in [3.8, 4) is 11.1 Å². The van der Waals surface area contributed by atoms with Crippen molar-refractivity contribution in [2.45, 2.75) is 25.3 Å². The van der Waals surface area contributed by atoms with Crippen LogP contribution in [0.4, 0.5) is 0 Å². The number of pyridine rings is 1. The Kier molecular flexibility index (Phi) is 5.06. The zero-order valence-corrected chi connectivity index (χ0v) is 16.1. The Morgan fingerprint density at radius 1 is 1.15 bits per heavy atom. The first kappa shape index (κ1) is 18.3. The summed E-state index contributed by atoms with van der Waals surface area (Å²) in [4.78, 5) is 27.0. The highest BCUT2D eigenvalue weighted by molar-refractivity contribution is 6.30. The molecule has 6 heteroatoms. The number of carbonyl (C=O) groups excluding carboxylic acids is 1. The number of likely N-dealkylation sites (tertiary alicyclic amines) is 1. The molecular weight excluding hydrogens is 364 g/mol. The number of hydrogen-bond acceptors (Lipinski definition) is 3. The van der Waals surface area contributed by atoms with Crippen LogP contribution in [0.2, 0.25) is 5.02 Å². The molecule has 1 amide bonds. The van der Waals surface area contributed by atoms with Crippen LogP contribution >= 0.6 is 11.6 Å². The highest BCUT2D eigenvalue weighted by Crippen LogP contribution is 2.40. The van der Waals surface area contributed by atoms with Gasteiger partial charge >= 0.3 is 0 Å². The van der Waals surface area contributed by atoms with Gasteiger partial charge in [0.25, 0.3) is 5.56 Å². The number of ether oxygens (including phenoxy) is 1. The molecule has 0 N–H and O–H groups in total. The molecule has 1 fully saturated rings. The molecule has 2 aromatic rings. The highest BCUT2D eigenvalue weighted by atomic mass is 35.5. The van der Waals surface area contributed by atoms with E-state index in [0.29, 0.717) is 37.1 Å². The van der Waals surface area contributed by atoms with Crippen molar-refractivity contribution >= 4 is 17.5 Å². The zero-order valence-electron chi connectivity index (χ0n) is 15.4.